The number of alkyl halides is 3. The minimum Gasteiger partial charge on any atom is -0.478 e. The first-order chi connectivity index (χ1) is 10.4. The fourth-order valence-electron chi connectivity index (χ4n) is 1.76. The van der Waals surface area contributed by atoms with Gasteiger partial charge in [-0.15, -0.1) is 0 Å². The van der Waals surface area contributed by atoms with Gasteiger partial charge in [-0.05, 0) is 29.8 Å². The Bertz CT molecular complexity index is 712. The molecule has 2 rings (SSSR count). The van der Waals surface area contributed by atoms with Crippen molar-refractivity contribution in [3.05, 3.63) is 65.2 Å². The summed E-state index contributed by atoms with van der Waals surface area (Å²) < 4.78 is 38.3. The van der Waals surface area contributed by atoms with Crippen LogP contribution in [0.5, 0.6) is 0 Å². The number of halogens is 3. The van der Waals surface area contributed by atoms with Gasteiger partial charge in [0.05, 0.1) is 23.0 Å². The van der Waals surface area contributed by atoms with Gasteiger partial charge in [-0.3, -0.25) is 5.43 Å². The summed E-state index contributed by atoms with van der Waals surface area (Å²) in [6.45, 7) is 0. The molecule has 0 aliphatic carbocycles. The van der Waals surface area contributed by atoms with Crippen LogP contribution in [-0.2, 0) is 6.18 Å². The Labute approximate surface area is 123 Å². The summed E-state index contributed by atoms with van der Waals surface area (Å²) in [5.74, 6) is -1.09. The van der Waals surface area contributed by atoms with Crippen LogP contribution < -0.4 is 5.43 Å². The Morgan fingerprint density at radius 1 is 1.14 bits per heavy atom. The Morgan fingerprint density at radius 2 is 1.86 bits per heavy atom. The quantitative estimate of drug-likeness (QED) is 0.666. The highest BCUT2D eigenvalue weighted by atomic mass is 19.4. The van der Waals surface area contributed by atoms with E-state index in [1.165, 1.54) is 42.6 Å². The number of hydrazone groups is 1. The number of aromatic carboxylic acids is 1. The molecular formula is C15H11F3N2O2. The van der Waals surface area contributed by atoms with Crippen molar-refractivity contribution in [1.29, 1.82) is 0 Å². The smallest absolute Gasteiger partial charge is 0.418 e. The number of hydrogen-bond acceptors (Lipinski definition) is 3. The van der Waals surface area contributed by atoms with E-state index in [0.29, 0.717) is 5.56 Å². The molecule has 0 radical (unpaired) electrons. The van der Waals surface area contributed by atoms with Crippen molar-refractivity contribution < 1.29 is 23.1 Å². The van der Waals surface area contributed by atoms with Crippen LogP contribution in [0.1, 0.15) is 21.5 Å². The SMILES string of the molecule is O=C(O)c1cccc(/C=N/Nc2ccccc2C(F)(F)F)c1. The number of rotatable bonds is 4. The molecule has 7 heteroatoms. The number of carboxylic acid groups (broad SMARTS) is 1. The molecule has 0 aliphatic rings. The second-order valence-corrected chi connectivity index (χ2v) is 4.34. The Kier molecular flexibility index (Phi) is 4.45. The molecule has 2 aromatic carbocycles. The molecule has 2 aromatic rings. The Morgan fingerprint density at radius 3 is 2.55 bits per heavy atom. The molecule has 0 unspecified atom stereocenters. The summed E-state index contributed by atoms with van der Waals surface area (Å²) in [5, 5.41) is 12.6. The molecular weight excluding hydrogens is 297 g/mol. The number of benzene rings is 2. The highest BCUT2D eigenvalue weighted by Crippen LogP contribution is 2.34. The van der Waals surface area contributed by atoms with E-state index in [0.717, 1.165) is 6.07 Å². The highest BCUT2D eigenvalue weighted by Gasteiger charge is 2.33. The number of nitrogens with one attached hydrogen (secondary N) is 1. The van der Waals surface area contributed by atoms with Crippen molar-refractivity contribution in [2.45, 2.75) is 6.18 Å². The summed E-state index contributed by atoms with van der Waals surface area (Å²) in [6.07, 6.45) is -3.23. The third-order valence-corrected chi connectivity index (χ3v) is 2.76. The van der Waals surface area contributed by atoms with Gasteiger partial charge in [0.1, 0.15) is 0 Å². The van der Waals surface area contributed by atoms with Gasteiger partial charge >= 0.3 is 12.1 Å². The number of hydrogen-bond donors (Lipinski definition) is 2. The molecule has 2 N–H and O–H groups in total. The van der Waals surface area contributed by atoms with Crippen LogP contribution in [0.2, 0.25) is 0 Å². The topological polar surface area (TPSA) is 61.7 Å². The van der Waals surface area contributed by atoms with Crippen molar-refractivity contribution in [3.63, 3.8) is 0 Å². The van der Waals surface area contributed by atoms with E-state index in [2.05, 4.69) is 10.5 Å². The molecule has 0 heterocycles. The summed E-state index contributed by atoms with van der Waals surface area (Å²) in [7, 11) is 0. The zero-order chi connectivity index (χ0) is 16.2. The lowest BCUT2D eigenvalue weighted by molar-refractivity contribution is -0.136. The molecule has 0 aliphatic heterocycles. The Hall–Kier alpha value is -2.83. The minimum absolute atomic E-state index is 0.0691. The third kappa shape index (κ3) is 3.85. The van der Waals surface area contributed by atoms with Gasteiger partial charge in [-0.2, -0.15) is 18.3 Å². The molecule has 0 spiro atoms. The van der Waals surface area contributed by atoms with Crippen LogP contribution >= 0.6 is 0 Å². The van der Waals surface area contributed by atoms with Gasteiger partial charge in [-0.25, -0.2) is 4.79 Å². The molecule has 0 saturated carbocycles. The van der Waals surface area contributed by atoms with Crippen molar-refractivity contribution >= 4 is 17.9 Å². The largest absolute Gasteiger partial charge is 0.478 e. The van der Waals surface area contributed by atoms with E-state index in [-0.39, 0.29) is 11.3 Å². The van der Waals surface area contributed by atoms with Gasteiger partial charge < -0.3 is 5.11 Å². The van der Waals surface area contributed by atoms with Crippen LogP contribution in [-0.4, -0.2) is 17.3 Å². The monoisotopic (exact) mass is 308 g/mol. The molecule has 0 amide bonds. The van der Waals surface area contributed by atoms with Gasteiger partial charge in [0.2, 0.25) is 0 Å². The van der Waals surface area contributed by atoms with Crippen molar-refractivity contribution in [2.24, 2.45) is 5.10 Å². The molecule has 0 aromatic heterocycles. The van der Waals surface area contributed by atoms with E-state index >= 15 is 0 Å². The summed E-state index contributed by atoms with van der Waals surface area (Å²) >= 11 is 0. The molecule has 0 fully saturated rings. The lowest BCUT2D eigenvalue weighted by Crippen LogP contribution is -2.08. The van der Waals surface area contributed by atoms with Gasteiger partial charge in [-0.1, -0.05) is 24.3 Å². The second kappa shape index (κ2) is 6.30. The fourth-order valence-corrected chi connectivity index (χ4v) is 1.76. The zero-order valence-corrected chi connectivity index (χ0v) is 11.1. The van der Waals surface area contributed by atoms with Crippen LogP contribution in [0.4, 0.5) is 18.9 Å². The molecule has 114 valence electrons. The third-order valence-electron chi connectivity index (χ3n) is 2.76. The van der Waals surface area contributed by atoms with Crippen molar-refractivity contribution in [3.8, 4) is 0 Å². The van der Waals surface area contributed by atoms with Crippen LogP contribution in [0.15, 0.2) is 53.6 Å². The molecule has 22 heavy (non-hydrogen) atoms. The predicted molar refractivity (Wildman–Crippen MR) is 76.1 cm³/mol. The van der Waals surface area contributed by atoms with E-state index in [1.807, 2.05) is 0 Å². The van der Waals surface area contributed by atoms with Crippen molar-refractivity contribution in [2.75, 3.05) is 5.43 Å². The number of nitrogens with zero attached hydrogens (tertiary/aromatic N) is 1. The maximum Gasteiger partial charge on any atom is 0.418 e. The molecule has 0 bridgehead atoms. The standard InChI is InChI=1S/C15H11F3N2O2/c16-15(17,18)12-6-1-2-7-13(12)20-19-9-10-4-3-5-11(8-10)14(21)22/h1-9,20H,(H,21,22)/b19-9+. The number of carbonyl (C=O) groups is 1. The maximum absolute atomic E-state index is 12.8. The highest BCUT2D eigenvalue weighted by molar-refractivity contribution is 5.91. The average molecular weight is 308 g/mol. The first-order valence-corrected chi connectivity index (χ1v) is 6.16. The average Bonchev–Trinajstić information content (AvgIpc) is 2.47. The predicted octanol–water partition coefficient (Wildman–Crippen LogP) is 3.85. The zero-order valence-electron chi connectivity index (χ0n) is 11.1. The summed E-state index contributed by atoms with van der Waals surface area (Å²) in [6, 6.07) is 10.8. The second-order valence-electron chi connectivity index (χ2n) is 4.34. The maximum atomic E-state index is 12.8. The lowest BCUT2D eigenvalue weighted by atomic mass is 10.1. The van der Waals surface area contributed by atoms with Gasteiger partial charge in [0.25, 0.3) is 0 Å². The van der Waals surface area contributed by atoms with Crippen LogP contribution in [0.3, 0.4) is 0 Å². The van der Waals surface area contributed by atoms with Crippen molar-refractivity contribution in [1.82, 2.24) is 0 Å². The molecule has 4 nitrogen and oxygen atoms in total. The minimum atomic E-state index is -4.48. The molecule has 0 atom stereocenters. The van der Waals surface area contributed by atoms with E-state index in [9.17, 15) is 18.0 Å². The van der Waals surface area contributed by atoms with E-state index in [4.69, 9.17) is 5.11 Å². The molecule has 0 saturated heterocycles. The van der Waals surface area contributed by atoms with E-state index in [1.54, 1.807) is 6.07 Å². The Balaban J connectivity index is 2.17. The van der Waals surface area contributed by atoms with E-state index < -0.39 is 17.7 Å². The van der Waals surface area contributed by atoms with Gasteiger partial charge in [0.15, 0.2) is 0 Å². The number of carboxylic acids is 1. The van der Waals surface area contributed by atoms with Gasteiger partial charge in [0, 0.05) is 0 Å². The first-order valence-electron chi connectivity index (χ1n) is 6.16. The number of anilines is 1. The first kappa shape index (κ1) is 15.6. The number of para-hydroxylation sites is 1. The summed E-state index contributed by atoms with van der Waals surface area (Å²) in [5.41, 5.74) is 1.84. The fraction of sp³-hybridized carbons (Fsp3) is 0.0667. The summed E-state index contributed by atoms with van der Waals surface area (Å²) in [4.78, 5) is 10.8. The normalized spacial score (nSPS) is 11.6. The van der Waals surface area contributed by atoms with Crippen LogP contribution in [0, 0.1) is 0 Å². The van der Waals surface area contributed by atoms with Crippen LogP contribution in [0.25, 0.3) is 0 Å². The lowest BCUT2D eigenvalue weighted by Gasteiger charge is -2.11.